The predicted molar refractivity (Wildman–Crippen MR) is 86.2 cm³/mol. The Kier molecular flexibility index (Phi) is 4.78. The summed E-state index contributed by atoms with van der Waals surface area (Å²) in [7, 11) is 0. The molecule has 1 aromatic carbocycles. The number of ether oxygens (including phenoxy) is 3. The van der Waals surface area contributed by atoms with Gasteiger partial charge in [0, 0.05) is 6.20 Å². The highest BCUT2D eigenvalue weighted by atomic mass is 16.7. The SMILES string of the molecule is Cc1cnc(C(=O)OCC(=O)N[C@H](C)c2ccc3c(c2)OCO3)cn1. The minimum Gasteiger partial charge on any atom is -0.454 e. The zero-order valence-corrected chi connectivity index (χ0v) is 13.8. The smallest absolute Gasteiger partial charge is 0.359 e. The number of carbonyl (C=O) groups is 2. The molecule has 2 heterocycles. The number of hydrogen-bond donors (Lipinski definition) is 1. The van der Waals surface area contributed by atoms with Crippen LogP contribution in [-0.4, -0.2) is 35.2 Å². The van der Waals surface area contributed by atoms with Crippen LogP contribution >= 0.6 is 0 Å². The van der Waals surface area contributed by atoms with Crippen molar-refractivity contribution in [3.05, 3.63) is 47.5 Å². The van der Waals surface area contributed by atoms with Crippen LogP contribution in [0.25, 0.3) is 0 Å². The van der Waals surface area contributed by atoms with Crippen molar-refractivity contribution in [3.8, 4) is 11.5 Å². The Morgan fingerprint density at radius 2 is 2.04 bits per heavy atom. The molecule has 0 saturated carbocycles. The minimum atomic E-state index is -0.696. The van der Waals surface area contributed by atoms with Crippen LogP contribution in [0.3, 0.4) is 0 Å². The molecule has 130 valence electrons. The molecule has 0 bridgehead atoms. The standard InChI is InChI=1S/C17H17N3O5/c1-10-6-19-13(7-18-10)17(22)23-8-16(21)20-11(2)12-3-4-14-15(5-12)25-9-24-14/h3-7,11H,8-9H2,1-2H3,(H,20,21)/t11-/m1/s1. The average Bonchev–Trinajstić information content (AvgIpc) is 3.08. The lowest BCUT2D eigenvalue weighted by molar-refractivity contribution is -0.124. The van der Waals surface area contributed by atoms with Gasteiger partial charge in [0.1, 0.15) is 0 Å². The maximum atomic E-state index is 12.0. The fourth-order valence-electron chi connectivity index (χ4n) is 2.25. The van der Waals surface area contributed by atoms with E-state index in [2.05, 4.69) is 15.3 Å². The predicted octanol–water partition coefficient (Wildman–Crippen LogP) is 1.55. The van der Waals surface area contributed by atoms with E-state index in [1.807, 2.05) is 13.0 Å². The number of aryl methyl sites for hydroxylation is 1. The van der Waals surface area contributed by atoms with Gasteiger partial charge in [-0.05, 0) is 31.5 Å². The van der Waals surface area contributed by atoms with Gasteiger partial charge < -0.3 is 19.5 Å². The van der Waals surface area contributed by atoms with Crippen LogP contribution in [0.1, 0.15) is 34.7 Å². The highest BCUT2D eigenvalue weighted by Crippen LogP contribution is 2.34. The minimum absolute atomic E-state index is 0.0576. The van der Waals surface area contributed by atoms with Crippen molar-refractivity contribution in [1.29, 1.82) is 0 Å². The molecule has 0 fully saturated rings. The van der Waals surface area contributed by atoms with E-state index < -0.39 is 18.5 Å². The summed E-state index contributed by atoms with van der Waals surface area (Å²) in [5, 5.41) is 2.75. The van der Waals surface area contributed by atoms with Gasteiger partial charge in [0.25, 0.3) is 5.91 Å². The normalized spacial score (nSPS) is 13.2. The van der Waals surface area contributed by atoms with E-state index in [9.17, 15) is 9.59 Å². The Hall–Kier alpha value is -3.16. The van der Waals surface area contributed by atoms with E-state index in [1.54, 1.807) is 19.1 Å². The van der Waals surface area contributed by atoms with Crippen LogP contribution in [0.4, 0.5) is 0 Å². The van der Waals surface area contributed by atoms with Crippen molar-refractivity contribution < 1.29 is 23.8 Å². The number of esters is 1. The number of rotatable bonds is 5. The van der Waals surface area contributed by atoms with Gasteiger partial charge in [0.15, 0.2) is 23.8 Å². The van der Waals surface area contributed by atoms with Gasteiger partial charge in [-0.1, -0.05) is 6.07 Å². The Morgan fingerprint density at radius 3 is 2.80 bits per heavy atom. The summed E-state index contributed by atoms with van der Waals surface area (Å²) >= 11 is 0. The maximum Gasteiger partial charge on any atom is 0.359 e. The number of aromatic nitrogens is 2. The number of nitrogens with one attached hydrogen (secondary N) is 1. The molecule has 0 aliphatic carbocycles. The monoisotopic (exact) mass is 343 g/mol. The number of nitrogens with zero attached hydrogens (tertiary/aromatic N) is 2. The first-order valence-corrected chi connectivity index (χ1v) is 7.67. The molecule has 2 aromatic rings. The molecule has 1 aliphatic rings. The molecule has 3 rings (SSSR count). The van der Waals surface area contributed by atoms with Crippen LogP contribution < -0.4 is 14.8 Å². The maximum absolute atomic E-state index is 12.0. The van der Waals surface area contributed by atoms with Crippen molar-refractivity contribution in [2.45, 2.75) is 19.9 Å². The Labute approximate surface area is 144 Å². The van der Waals surface area contributed by atoms with Crippen molar-refractivity contribution >= 4 is 11.9 Å². The van der Waals surface area contributed by atoms with Crippen molar-refractivity contribution in [2.24, 2.45) is 0 Å². The zero-order valence-electron chi connectivity index (χ0n) is 13.8. The molecule has 25 heavy (non-hydrogen) atoms. The molecule has 0 unspecified atom stereocenters. The lowest BCUT2D eigenvalue weighted by Crippen LogP contribution is -2.31. The van der Waals surface area contributed by atoms with Crippen LogP contribution in [0.15, 0.2) is 30.6 Å². The Balaban J connectivity index is 1.52. The molecule has 1 aromatic heterocycles. The lowest BCUT2D eigenvalue weighted by Gasteiger charge is -2.14. The molecule has 1 N–H and O–H groups in total. The second kappa shape index (κ2) is 7.16. The van der Waals surface area contributed by atoms with E-state index in [4.69, 9.17) is 14.2 Å². The summed E-state index contributed by atoms with van der Waals surface area (Å²) in [5.41, 5.74) is 1.60. The summed E-state index contributed by atoms with van der Waals surface area (Å²) in [5.74, 6) is 0.204. The quantitative estimate of drug-likeness (QED) is 0.822. The molecule has 8 nitrogen and oxygen atoms in total. The molecule has 8 heteroatoms. The van der Waals surface area contributed by atoms with Gasteiger partial charge in [-0.3, -0.25) is 9.78 Å². The first-order chi connectivity index (χ1) is 12.0. The van der Waals surface area contributed by atoms with Crippen LogP contribution in [0.5, 0.6) is 11.5 Å². The number of fused-ring (bicyclic) bond motifs is 1. The highest BCUT2D eigenvalue weighted by molar-refractivity contribution is 5.89. The topological polar surface area (TPSA) is 99.6 Å². The van der Waals surface area contributed by atoms with E-state index in [-0.39, 0.29) is 18.5 Å². The van der Waals surface area contributed by atoms with Crippen LogP contribution in [0, 0.1) is 6.92 Å². The number of hydrogen-bond acceptors (Lipinski definition) is 7. The second-order valence-electron chi connectivity index (χ2n) is 5.52. The van der Waals surface area contributed by atoms with Gasteiger partial charge in [0.05, 0.1) is 17.9 Å². The number of benzene rings is 1. The van der Waals surface area contributed by atoms with E-state index in [0.29, 0.717) is 17.2 Å². The molecule has 0 saturated heterocycles. The number of carbonyl (C=O) groups excluding carboxylic acids is 2. The van der Waals surface area contributed by atoms with Gasteiger partial charge >= 0.3 is 5.97 Å². The third-order valence-electron chi connectivity index (χ3n) is 3.60. The molecular formula is C17H17N3O5. The van der Waals surface area contributed by atoms with Crippen LogP contribution in [0.2, 0.25) is 0 Å². The van der Waals surface area contributed by atoms with Gasteiger partial charge in [-0.25, -0.2) is 9.78 Å². The summed E-state index contributed by atoms with van der Waals surface area (Å²) in [6.45, 7) is 3.37. The van der Waals surface area contributed by atoms with Crippen molar-refractivity contribution in [1.82, 2.24) is 15.3 Å². The largest absolute Gasteiger partial charge is 0.454 e. The van der Waals surface area contributed by atoms with E-state index in [1.165, 1.54) is 12.4 Å². The summed E-state index contributed by atoms with van der Waals surface area (Å²) in [6.07, 6.45) is 2.77. The zero-order chi connectivity index (χ0) is 17.8. The summed E-state index contributed by atoms with van der Waals surface area (Å²) in [6, 6.07) is 5.16. The first-order valence-electron chi connectivity index (χ1n) is 7.67. The van der Waals surface area contributed by atoms with E-state index in [0.717, 1.165) is 5.56 Å². The fraction of sp³-hybridized carbons (Fsp3) is 0.294. The Morgan fingerprint density at radius 1 is 1.24 bits per heavy atom. The third kappa shape index (κ3) is 4.03. The van der Waals surface area contributed by atoms with Gasteiger partial charge in [-0.15, -0.1) is 0 Å². The molecule has 1 amide bonds. The first kappa shape index (κ1) is 16.7. The van der Waals surface area contributed by atoms with Gasteiger partial charge in [-0.2, -0.15) is 0 Å². The third-order valence-corrected chi connectivity index (χ3v) is 3.60. The van der Waals surface area contributed by atoms with Crippen LogP contribution in [-0.2, 0) is 9.53 Å². The average molecular weight is 343 g/mol. The molecular weight excluding hydrogens is 326 g/mol. The number of amides is 1. The second-order valence-corrected chi connectivity index (χ2v) is 5.52. The van der Waals surface area contributed by atoms with Crippen molar-refractivity contribution in [2.75, 3.05) is 13.4 Å². The summed E-state index contributed by atoms with van der Waals surface area (Å²) < 4.78 is 15.5. The fourth-order valence-corrected chi connectivity index (χ4v) is 2.25. The summed E-state index contributed by atoms with van der Waals surface area (Å²) in [4.78, 5) is 31.6. The molecule has 1 aliphatic heterocycles. The molecule has 1 atom stereocenters. The Bertz CT molecular complexity index is 791. The van der Waals surface area contributed by atoms with E-state index >= 15 is 0 Å². The molecule has 0 spiro atoms. The lowest BCUT2D eigenvalue weighted by atomic mass is 10.1. The van der Waals surface area contributed by atoms with Crippen molar-refractivity contribution in [3.63, 3.8) is 0 Å². The highest BCUT2D eigenvalue weighted by Gasteiger charge is 2.18. The van der Waals surface area contributed by atoms with Gasteiger partial charge in [0.2, 0.25) is 6.79 Å². The molecule has 0 radical (unpaired) electrons.